The van der Waals surface area contributed by atoms with E-state index in [4.69, 9.17) is 0 Å². The van der Waals surface area contributed by atoms with Gasteiger partial charge in [-0.25, -0.2) is 33.4 Å². The molecule has 2 saturated heterocycles. The van der Waals surface area contributed by atoms with E-state index in [1.165, 1.54) is 34.5 Å². The van der Waals surface area contributed by atoms with Crippen molar-refractivity contribution in [3.8, 4) is 22.9 Å². The Kier molecular flexibility index (Phi) is 8.16. The van der Waals surface area contributed by atoms with Gasteiger partial charge in [-0.3, -0.25) is 0 Å². The summed E-state index contributed by atoms with van der Waals surface area (Å²) in [6, 6.07) is 8.75. The van der Waals surface area contributed by atoms with Crippen LogP contribution in [0.25, 0.3) is 16.8 Å². The van der Waals surface area contributed by atoms with Gasteiger partial charge in [0.25, 0.3) is 0 Å². The molecule has 12 heteroatoms. The van der Waals surface area contributed by atoms with Crippen LogP contribution in [0, 0.1) is 17.1 Å². The van der Waals surface area contributed by atoms with Gasteiger partial charge < -0.3 is 14.7 Å². The number of rotatable bonds is 8. The van der Waals surface area contributed by atoms with Gasteiger partial charge in [0.05, 0.1) is 17.8 Å². The zero-order valence-electron chi connectivity index (χ0n) is 24.5. The smallest absolute Gasteiger partial charge is 0.349 e. The third-order valence-corrected chi connectivity index (χ3v) is 8.37. The number of anilines is 2. The summed E-state index contributed by atoms with van der Waals surface area (Å²) in [4.78, 5) is 33.2. The Hall–Kier alpha value is -4.63. The minimum atomic E-state index is -0.555. The number of pyridine rings is 1. The number of halogens is 1. The summed E-state index contributed by atoms with van der Waals surface area (Å²) in [5.74, 6) is 0.750. The summed E-state index contributed by atoms with van der Waals surface area (Å²) < 4.78 is 18.0. The fourth-order valence-electron chi connectivity index (χ4n) is 5.85. The lowest BCUT2D eigenvalue weighted by Crippen LogP contribution is -2.53. The maximum Gasteiger partial charge on any atom is 0.350 e. The molecule has 0 bridgehead atoms. The first-order chi connectivity index (χ1) is 20.9. The zero-order chi connectivity index (χ0) is 29.9. The predicted molar refractivity (Wildman–Crippen MR) is 162 cm³/mol. The van der Waals surface area contributed by atoms with E-state index in [1.807, 2.05) is 12.4 Å². The third-order valence-electron chi connectivity index (χ3n) is 8.37. The molecular formula is C31H35FN10O. The molecule has 0 aliphatic carbocycles. The van der Waals surface area contributed by atoms with E-state index in [1.54, 1.807) is 24.4 Å². The van der Waals surface area contributed by atoms with Gasteiger partial charge in [0.2, 0.25) is 5.95 Å². The topological polar surface area (TPSA) is 112 Å². The Bertz CT molecular complexity index is 1690. The SMILES string of the molecule is CCc1cnc(N2CCN(c3ncc(-c4ccc(-n5cnn(CCN6CCCC6)c5=O)c(F)c4)cc3C#N)[C@@H](C)C2)nc1. The highest BCUT2D eigenvalue weighted by molar-refractivity contribution is 5.69. The van der Waals surface area contributed by atoms with Gasteiger partial charge in [0.15, 0.2) is 0 Å². The highest BCUT2D eigenvalue weighted by atomic mass is 19.1. The molecule has 11 nitrogen and oxygen atoms in total. The van der Waals surface area contributed by atoms with Gasteiger partial charge in [-0.05, 0) is 68.6 Å². The van der Waals surface area contributed by atoms with Crippen molar-refractivity contribution < 1.29 is 4.39 Å². The first kappa shape index (κ1) is 28.5. The number of hydrogen-bond donors (Lipinski definition) is 0. The van der Waals surface area contributed by atoms with Crippen LogP contribution in [-0.2, 0) is 13.0 Å². The van der Waals surface area contributed by atoms with Crippen LogP contribution in [0.3, 0.4) is 0 Å². The van der Waals surface area contributed by atoms with Gasteiger partial charge in [0, 0.05) is 56.4 Å². The lowest BCUT2D eigenvalue weighted by atomic mass is 10.0. The standard InChI is InChI=1S/C31H35FN10O/c1-3-23-17-35-30(36-18-23)39-11-12-40(22(2)20-39)29-25(16-33)14-26(19-34-29)24-6-7-28(27(32)15-24)41-21-37-42(31(41)43)13-10-38-8-4-5-9-38/h6-7,14-15,17-19,21-22H,3-5,8-13,20H2,1-2H3/t22-/m0/s1. The molecule has 5 heterocycles. The summed E-state index contributed by atoms with van der Waals surface area (Å²) in [5.41, 5.74) is 2.46. The lowest BCUT2D eigenvalue weighted by molar-refractivity contribution is 0.313. The summed E-state index contributed by atoms with van der Waals surface area (Å²) in [7, 11) is 0. The molecule has 0 radical (unpaired) electrons. The Morgan fingerprint density at radius 3 is 2.49 bits per heavy atom. The molecule has 43 heavy (non-hydrogen) atoms. The van der Waals surface area contributed by atoms with Crippen molar-refractivity contribution in [3.63, 3.8) is 0 Å². The average Bonchev–Trinajstić information content (AvgIpc) is 3.69. The van der Waals surface area contributed by atoms with Gasteiger partial charge in [-0.1, -0.05) is 13.0 Å². The summed E-state index contributed by atoms with van der Waals surface area (Å²) in [5, 5.41) is 14.2. The molecule has 3 aromatic heterocycles. The monoisotopic (exact) mass is 582 g/mol. The van der Waals surface area contributed by atoms with Crippen LogP contribution in [0.5, 0.6) is 0 Å². The molecule has 4 aromatic rings. The van der Waals surface area contributed by atoms with Crippen molar-refractivity contribution in [3.05, 3.63) is 76.6 Å². The molecule has 222 valence electrons. The number of likely N-dealkylation sites (tertiary alicyclic amines) is 1. The van der Waals surface area contributed by atoms with E-state index < -0.39 is 5.82 Å². The van der Waals surface area contributed by atoms with E-state index in [2.05, 4.69) is 54.7 Å². The van der Waals surface area contributed by atoms with Crippen LogP contribution in [-0.4, -0.2) is 79.5 Å². The Balaban J connectivity index is 1.17. The van der Waals surface area contributed by atoms with Gasteiger partial charge in [0.1, 0.15) is 24.0 Å². The van der Waals surface area contributed by atoms with Crippen molar-refractivity contribution in [2.45, 2.75) is 45.7 Å². The van der Waals surface area contributed by atoms with Crippen molar-refractivity contribution in [2.24, 2.45) is 0 Å². The van der Waals surface area contributed by atoms with Crippen molar-refractivity contribution in [1.29, 1.82) is 5.26 Å². The Labute approximate surface area is 249 Å². The largest absolute Gasteiger partial charge is 0.350 e. The molecular weight excluding hydrogens is 547 g/mol. The minimum Gasteiger partial charge on any atom is -0.349 e. The van der Waals surface area contributed by atoms with Crippen molar-refractivity contribution >= 4 is 11.8 Å². The molecule has 0 N–H and O–H groups in total. The highest BCUT2D eigenvalue weighted by Crippen LogP contribution is 2.29. The minimum absolute atomic E-state index is 0.0694. The second-order valence-electron chi connectivity index (χ2n) is 11.2. The number of piperazine rings is 1. The molecule has 0 amide bonds. The number of aryl methyl sites for hydroxylation is 1. The molecule has 1 aromatic carbocycles. The quantitative estimate of drug-likeness (QED) is 0.309. The zero-order valence-corrected chi connectivity index (χ0v) is 24.5. The normalized spacial score (nSPS) is 17.4. The fourth-order valence-corrected chi connectivity index (χ4v) is 5.85. The molecule has 6 rings (SSSR count). The van der Waals surface area contributed by atoms with Crippen LogP contribution in [0.15, 0.2) is 54.0 Å². The van der Waals surface area contributed by atoms with Gasteiger partial charge in [-0.2, -0.15) is 10.4 Å². The Morgan fingerprint density at radius 1 is 1.00 bits per heavy atom. The molecule has 2 aliphatic rings. The predicted octanol–water partition coefficient (Wildman–Crippen LogP) is 3.27. The van der Waals surface area contributed by atoms with Gasteiger partial charge >= 0.3 is 5.69 Å². The van der Waals surface area contributed by atoms with Crippen LogP contribution in [0.1, 0.15) is 37.8 Å². The van der Waals surface area contributed by atoms with Crippen LogP contribution >= 0.6 is 0 Å². The van der Waals surface area contributed by atoms with E-state index in [0.717, 1.165) is 31.6 Å². The number of hydrogen-bond acceptors (Lipinski definition) is 9. The Morgan fingerprint density at radius 2 is 1.79 bits per heavy atom. The van der Waals surface area contributed by atoms with E-state index in [9.17, 15) is 10.1 Å². The summed E-state index contributed by atoms with van der Waals surface area (Å²) >= 11 is 0. The lowest BCUT2D eigenvalue weighted by Gasteiger charge is -2.40. The van der Waals surface area contributed by atoms with Gasteiger partial charge in [-0.15, -0.1) is 0 Å². The summed E-state index contributed by atoms with van der Waals surface area (Å²) in [6.45, 7) is 9.50. The third kappa shape index (κ3) is 5.85. The molecule has 1 atom stereocenters. The molecule has 0 unspecified atom stereocenters. The van der Waals surface area contributed by atoms with Crippen LogP contribution in [0.4, 0.5) is 16.2 Å². The number of benzene rings is 1. The van der Waals surface area contributed by atoms with Crippen molar-refractivity contribution in [2.75, 3.05) is 49.1 Å². The molecule has 0 saturated carbocycles. The second-order valence-corrected chi connectivity index (χ2v) is 11.2. The number of nitriles is 1. The highest BCUT2D eigenvalue weighted by Gasteiger charge is 2.28. The van der Waals surface area contributed by atoms with Crippen LogP contribution in [0.2, 0.25) is 0 Å². The summed E-state index contributed by atoms with van der Waals surface area (Å²) in [6.07, 6.45) is 10.0. The van der Waals surface area contributed by atoms with E-state index >= 15 is 4.39 Å². The fraction of sp³-hybridized carbons (Fsp3) is 0.419. The number of nitrogens with zero attached hydrogens (tertiary/aromatic N) is 10. The first-order valence-electron chi connectivity index (χ1n) is 14.8. The second kappa shape index (κ2) is 12.3. The molecule has 2 aliphatic heterocycles. The van der Waals surface area contributed by atoms with E-state index in [-0.39, 0.29) is 17.4 Å². The number of aromatic nitrogens is 6. The first-order valence-corrected chi connectivity index (χ1v) is 14.8. The van der Waals surface area contributed by atoms with E-state index in [0.29, 0.717) is 54.6 Å². The molecule has 0 spiro atoms. The van der Waals surface area contributed by atoms with Crippen molar-refractivity contribution in [1.82, 2.24) is 34.2 Å². The van der Waals surface area contributed by atoms with Crippen LogP contribution < -0.4 is 15.5 Å². The molecule has 2 fully saturated rings. The maximum atomic E-state index is 15.4. The maximum absolute atomic E-state index is 15.4. The average molecular weight is 583 g/mol.